The number of methoxy groups -OCH3 is 1. The number of rotatable bonds is 8. The number of Topliss-reactive ketones (excluding diaryl/α,β-unsaturated/α-hetero) is 1. The fourth-order valence-corrected chi connectivity index (χ4v) is 3.89. The first kappa shape index (κ1) is 20.5. The van der Waals surface area contributed by atoms with Crippen LogP contribution in [-0.2, 0) is 13.0 Å². The standard InChI is InChI=1S/C20H20FN3O4S/c1-3-24-10-14(16(18(24)22)20(26)27)17(25)15(21)8-13-9-23-19(29-13)11-4-6-12(28-2)7-5-11/h4-7,9-10,15H,3,8,22H2,1-2H3,(H,26,27). The zero-order chi connectivity index (χ0) is 21.1. The highest BCUT2D eigenvalue weighted by Crippen LogP contribution is 2.29. The van der Waals surface area contributed by atoms with Gasteiger partial charge >= 0.3 is 5.97 Å². The number of carboxylic acids is 1. The molecule has 0 aliphatic carbocycles. The van der Waals surface area contributed by atoms with Gasteiger partial charge < -0.3 is 20.1 Å². The summed E-state index contributed by atoms with van der Waals surface area (Å²) < 4.78 is 21.3. The van der Waals surface area contributed by atoms with Gasteiger partial charge in [0.05, 0.1) is 12.7 Å². The summed E-state index contributed by atoms with van der Waals surface area (Å²) in [6.45, 7) is 2.12. The number of alkyl halides is 1. The second-order valence-corrected chi connectivity index (χ2v) is 7.41. The number of ether oxygens (including phenoxy) is 1. The predicted octanol–water partition coefficient (Wildman–Crippen LogP) is 3.68. The lowest BCUT2D eigenvalue weighted by Crippen LogP contribution is -2.20. The summed E-state index contributed by atoms with van der Waals surface area (Å²) in [4.78, 5) is 28.9. The van der Waals surface area contributed by atoms with Crippen LogP contribution in [0.3, 0.4) is 0 Å². The molecule has 2 aromatic heterocycles. The Hall–Kier alpha value is -3.20. The van der Waals surface area contributed by atoms with Crippen molar-refractivity contribution in [2.24, 2.45) is 0 Å². The third kappa shape index (κ3) is 4.14. The second kappa shape index (κ2) is 8.44. The molecule has 152 valence electrons. The molecule has 29 heavy (non-hydrogen) atoms. The van der Waals surface area contributed by atoms with E-state index in [0.717, 1.165) is 5.56 Å². The Morgan fingerprint density at radius 2 is 2.03 bits per heavy atom. The molecule has 0 radical (unpaired) electrons. The summed E-state index contributed by atoms with van der Waals surface area (Å²) in [6, 6.07) is 7.28. The molecule has 0 aliphatic heterocycles. The Labute approximate surface area is 170 Å². The molecular formula is C20H20FN3O4S. The maximum atomic E-state index is 14.7. The van der Waals surface area contributed by atoms with Crippen LogP contribution in [0.5, 0.6) is 5.75 Å². The number of halogens is 1. The van der Waals surface area contributed by atoms with Crippen molar-refractivity contribution in [3.8, 4) is 16.3 Å². The SMILES string of the molecule is CCn1cc(C(=O)C(F)Cc2cnc(-c3ccc(OC)cc3)s2)c(C(=O)O)c1N. The van der Waals surface area contributed by atoms with E-state index in [1.807, 2.05) is 12.1 Å². The molecule has 1 aromatic carbocycles. The maximum Gasteiger partial charge on any atom is 0.340 e. The molecule has 2 heterocycles. The van der Waals surface area contributed by atoms with Crippen molar-refractivity contribution in [2.75, 3.05) is 12.8 Å². The third-order valence-electron chi connectivity index (χ3n) is 4.50. The van der Waals surface area contributed by atoms with Crippen molar-refractivity contribution in [3.05, 3.63) is 52.7 Å². The van der Waals surface area contributed by atoms with Gasteiger partial charge in [0.2, 0.25) is 0 Å². The van der Waals surface area contributed by atoms with Crippen molar-refractivity contribution >= 4 is 28.9 Å². The normalized spacial score (nSPS) is 12.0. The Morgan fingerprint density at radius 1 is 1.34 bits per heavy atom. The first-order valence-corrected chi connectivity index (χ1v) is 9.66. The summed E-state index contributed by atoms with van der Waals surface area (Å²) >= 11 is 1.27. The smallest absolute Gasteiger partial charge is 0.340 e. The van der Waals surface area contributed by atoms with Crippen molar-refractivity contribution in [2.45, 2.75) is 26.1 Å². The molecule has 3 aromatic rings. The lowest BCUT2D eigenvalue weighted by molar-refractivity contribution is 0.0690. The van der Waals surface area contributed by atoms with Crippen LogP contribution >= 0.6 is 11.3 Å². The van der Waals surface area contributed by atoms with Crippen molar-refractivity contribution in [1.29, 1.82) is 0 Å². The number of aromatic nitrogens is 2. The molecular weight excluding hydrogens is 397 g/mol. The van der Waals surface area contributed by atoms with Crippen LogP contribution in [0.25, 0.3) is 10.6 Å². The molecule has 0 amide bonds. The zero-order valence-electron chi connectivity index (χ0n) is 15.9. The van der Waals surface area contributed by atoms with Gasteiger partial charge in [0.1, 0.15) is 22.1 Å². The van der Waals surface area contributed by atoms with Gasteiger partial charge in [-0.3, -0.25) is 4.79 Å². The molecule has 1 atom stereocenters. The lowest BCUT2D eigenvalue weighted by atomic mass is 10.0. The first-order chi connectivity index (χ1) is 13.8. The third-order valence-corrected chi connectivity index (χ3v) is 5.56. The van der Waals surface area contributed by atoms with Gasteiger partial charge in [0, 0.05) is 35.8 Å². The number of carboxylic acid groups (broad SMARTS) is 1. The lowest BCUT2D eigenvalue weighted by Gasteiger charge is -2.05. The van der Waals surface area contributed by atoms with E-state index in [0.29, 0.717) is 22.2 Å². The Bertz CT molecular complexity index is 1040. The molecule has 3 N–H and O–H groups in total. The molecule has 9 heteroatoms. The van der Waals surface area contributed by atoms with Gasteiger partial charge in [0.15, 0.2) is 12.0 Å². The number of anilines is 1. The first-order valence-electron chi connectivity index (χ1n) is 8.85. The van der Waals surface area contributed by atoms with Gasteiger partial charge in [-0.25, -0.2) is 14.2 Å². The number of nitrogens with two attached hydrogens (primary N) is 1. The van der Waals surface area contributed by atoms with E-state index in [1.165, 1.54) is 28.3 Å². The van der Waals surface area contributed by atoms with Crippen LogP contribution in [0.4, 0.5) is 10.2 Å². The molecule has 0 spiro atoms. The fraction of sp³-hybridized carbons (Fsp3) is 0.250. The number of aryl methyl sites for hydroxylation is 1. The van der Waals surface area contributed by atoms with E-state index in [2.05, 4.69) is 4.98 Å². The molecule has 0 fully saturated rings. The van der Waals surface area contributed by atoms with E-state index in [4.69, 9.17) is 10.5 Å². The summed E-state index contributed by atoms with van der Waals surface area (Å²) in [5, 5.41) is 10.0. The molecule has 0 saturated carbocycles. The number of carbonyl (C=O) groups excluding carboxylic acids is 1. The minimum atomic E-state index is -1.90. The van der Waals surface area contributed by atoms with Gasteiger partial charge in [-0.2, -0.15) is 0 Å². The summed E-state index contributed by atoms with van der Waals surface area (Å²) in [7, 11) is 1.58. The fourth-order valence-electron chi connectivity index (χ4n) is 2.95. The van der Waals surface area contributed by atoms with Crippen LogP contribution in [0.15, 0.2) is 36.7 Å². The summed E-state index contributed by atoms with van der Waals surface area (Å²) in [5.74, 6) is -1.60. The van der Waals surface area contributed by atoms with Crippen LogP contribution in [0.1, 0.15) is 32.5 Å². The van der Waals surface area contributed by atoms with Crippen LogP contribution < -0.4 is 10.5 Å². The van der Waals surface area contributed by atoms with E-state index in [-0.39, 0.29) is 23.4 Å². The summed E-state index contributed by atoms with van der Waals surface area (Å²) in [5.41, 5.74) is 6.06. The van der Waals surface area contributed by atoms with E-state index in [1.54, 1.807) is 26.2 Å². The van der Waals surface area contributed by atoms with Gasteiger partial charge in [0.25, 0.3) is 0 Å². The highest BCUT2D eigenvalue weighted by atomic mass is 32.1. The van der Waals surface area contributed by atoms with Crippen LogP contribution in [0, 0.1) is 0 Å². The Balaban J connectivity index is 1.79. The number of benzene rings is 1. The molecule has 7 nitrogen and oxygen atoms in total. The number of thiazole rings is 1. The molecule has 1 unspecified atom stereocenters. The van der Waals surface area contributed by atoms with Crippen molar-refractivity contribution in [1.82, 2.24) is 9.55 Å². The van der Waals surface area contributed by atoms with Gasteiger partial charge in [-0.05, 0) is 31.2 Å². The molecule has 3 rings (SSSR count). The van der Waals surface area contributed by atoms with Crippen molar-refractivity contribution < 1.29 is 23.8 Å². The number of ketones is 1. The number of nitrogens with zero attached hydrogens (tertiary/aromatic N) is 2. The van der Waals surface area contributed by atoms with E-state index < -0.39 is 17.9 Å². The highest BCUT2D eigenvalue weighted by molar-refractivity contribution is 7.15. The molecule has 0 aliphatic rings. The van der Waals surface area contributed by atoms with Gasteiger partial charge in [-0.1, -0.05) is 0 Å². The number of hydrogen-bond acceptors (Lipinski definition) is 6. The molecule has 0 saturated heterocycles. The number of hydrogen-bond donors (Lipinski definition) is 2. The number of carbonyl (C=O) groups is 2. The minimum absolute atomic E-state index is 0.0601. The molecule has 0 bridgehead atoms. The quantitative estimate of drug-likeness (QED) is 0.542. The monoisotopic (exact) mass is 417 g/mol. The Kier molecular flexibility index (Phi) is 5.97. The average molecular weight is 417 g/mol. The zero-order valence-corrected chi connectivity index (χ0v) is 16.7. The van der Waals surface area contributed by atoms with Crippen molar-refractivity contribution in [3.63, 3.8) is 0 Å². The summed E-state index contributed by atoms with van der Waals surface area (Å²) in [6.07, 6.45) is 0.726. The Morgan fingerprint density at radius 3 is 2.62 bits per heavy atom. The topological polar surface area (TPSA) is 107 Å². The van der Waals surface area contributed by atoms with Crippen LogP contribution in [0.2, 0.25) is 0 Å². The maximum absolute atomic E-state index is 14.7. The van der Waals surface area contributed by atoms with Crippen LogP contribution in [-0.4, -0.2) is 39.7 Å². The average Bonchev–Trinajstić information content (AvgIpc) is 3.31. The minimum Gasteiger partial charge on any atom is -0.497 e. The largest absolute Gasteiger partial charge is 0.497 e. The van der Waals surface area contributed by atoms with Gasteiger partial charge in [-0.15, -0.1) is 11.3 Å². The predicted molar refractivity (Wildman–Crippen MR) is 109 cm³/mol. The van der Waals surface area contributed by atoms with E-state index in [9.17, 15) is 19.1 Å². The number of aromatic carboxylic acids is 1. The highest BCUT2D eigenvalue weighted by Gasteiger charge is 2.29. The van der Waals surface area contributed by atoms with E-state index >= 15 is 0 Å². The second-order valence-electron chi connectivity index (χ2n) is 6.29. The number of nitrogen functional groups attached to an aromatic ring is 1.